The van der Waals surface area contributed by atoms with E-state index in [4.69, 9.17) is 11.5 Å². The summed E-state index contributed by atoms with van der Waals surface area (Å²) in [6.45, 7) is 7.93. The molecule has 3 aromatic rings. The first-order valence-electron chi connectivity index (χ1n) is 9.20. The van der Waals surface area contributed by atoms with Crippen LogP contribution in [0.5, 0.6) is 0 Å². The van der Waals surface area contributed by atoms with Crippen LogP contribution < -0.4 is 16.8 Å². The van der Waals surface area contributed by atoms with Gasteiger partial charge in [-0.3, -0.25) is 0 Å². The van der Waals surface area contributed by atoms with Crippen LogP contribution >= 0.6 is 0 Å². The van der Waals surface area contributed by atoms with E-state index < -0.39 is 11.2 Å². The van der Waals surface area contributed by atoms with Crippen LogP contribution in [0.25, 0.3) is 11.0 Å². The lowest BCUT2D eigenvalue weighted by Crippen LogP contribution is -2.29. The van der Waals surface area contributed by atoms with Gasteiger partial charge in [-0.2, -0.15) is 0 Å². The number of fused-ring (bicyclic) bond motifs is 1. The molecule has 0 bridgehead atoms. The second kappa shape index (κ2) is 8.50. The molecule has 0 radical (unpaired) electrons. The van der Waals surface area contributed by atoms with Gasteiger partial charge in [-0.05, 0) is 52.0 Å². The highest BCUT2D eigenvalue weighted by Gasteiger charge is 2.17. The zero-order chi connectivity index (χ0) is 20.9. The van der Waals surface area contributed by atoms with Gasteiger partial charge < -0.3 is 31.6 Å². The molecule has 7 N–H and O–H groups in total. The average Bonchev–Trinajstić information content (AvgIpc) is 2.88. The largest absolute Gasteiger partial charge is 0.397 e. The van der Waals surface area contributed by atoms with E-state index in [1.54, 1.807) is 27.7 Å². The Kier molecular flexibility index (Phi) is 6.53. The first-order valence-corrected chi connectivity index (χ1v) is 9.20. The summed E-state index contributed by atoms with van der Waals surface area (Å²) in [4.78, 5) is 4.23. The molecule has 0 atom stereocenters. The van der Waals surface area contributed by atoms with Gasteiger partial charge in [0.25, 0.3) is 0 Å². The maximum Gasteiger partial charge on any atom is 0.201 e. The fourth-order valence-electron chi connectivity index (χ4n) is 2.62. The van der Waals surface area contributed by atoms with Gasteiger partial charge >= 0.3 is 0 Å². The van der Waals surface area contributed by atoms with Gasteiger partial charge in [0.1, 0.15) is 0 Å². The van der Waals surface area contributed by atoms with Crippen LogP contribution in [0.2, 0.25) is 0 Å². The molecule has 2 aromatic carbocycles. The summed E-state index contributed by atoms with van der Waals surface area (Å²) < 4.78 is 1.83. The zero-order valence-corrected chi connectivity index (χ0v) is 17.0. The Balaban J connectivity index is 0.000000203. The third kappa shape index (κ3) is 6.44. The number of rotatable bonds is 5. The molecule has 152 valence electrons. The SMILES string of the molecule is CC(C)(O)CNc1ccccc1N.CC(C)(O)Cn1c(N)nc2ccccc21. The average molecular weight is 386 g/mol. The van der Waals surface area contributed by atoms with Gasteiger partial charge in [-0.25, -0.2) is 4.98 Å². The molecule has 0 aliphatic heterocycles. The second-order valence-corrected chi connectivity index (χ2v) is 8.11. The number of hydrogen-bond acceptors (Lipinski definition) is 6. The van der Waals surface area contributed by atoms with Gasteiger partial charge in [-0.15, -0.1) is 0 Å². The topological polar surface area (TPSA) is 122 Å². The van der Waals surface area contributed by atoms with Gasteiger partial charge in [0, 0.05) is 6.54 Å². The van der Waals surface area contributed by atoms with Crippen molar-refractivity contribution >= 4 is 28.4 Å². The highest BCUT2D eigenvalue weighted by Crippen LogP contribution is 2.20. The second-order valence-electron chi connectivity index (χ2n) is 8.11. The number of aromatic nitrogens is 2. The minimum Gasteiger partial charge on any atom is -0.397 e. The van der Waals surface area contributed by atoms with E-state index in [0.717, 1.165) is 16.7 Å². The van der Waals surface area contributed by atoms with Crippen molar-refractivity contribution in [2.75, 3.05) is 23.3 Å². The number of nitrogens with two attached hydrogens (primary N) is 2. The Morgan fingerprint density at radius 2 is 1.54 bits per heavy atom. The fourth-order valence-corrected chi connectivity index (χ4v) is 2.62. The Labute approximate surface area is 166 Å². The summed E-state index contributed by atoms with van der Waals surface area (Å²) in [5.41, 5.74) is 13.4. The number of imidazole rings is 1. The van der Waals surface area contributed by atoms with Gasteiger partial charge in [0.15, 0.2) is 0 Å². The summed E-state index contributed by atoms with van der Waals surface area (Å²) in [7, 11) is 0. The van der Waals surface area contributed by atoms with E-state index in [2.05, 4.69) is 10.3 Å². The molecule has 3 rings (SSSR count). The fraction of sp³-hybridized carbons (Fsp3) is 0.381. The summed E-state index contributed by atoms with van der Waals surface area (Å²) >= 11 is 0. The third-order valence-electron chi connectivity index (χ3n) is 3.90. The lowest BCUT2D eigenvalue weighted by molar-refractivity contribution is 0.0632. The van der Waals surface area contributed by atoms with E-state index in [9.17, 15) is 10.2 Å². The van der Waals surface area contributed by atoms with Gasteiger partial charge in [0.2, 0.25) is 5.95 Å². The van der Waals surface area contributed by atoms with Crippen molar-refractivity contribution in [1.29, 1.82) is 0 Å². The van der Waals surface area contributed by atoms with Gasteiger partial charge in [-0.1, -0.05) is 24.3 Å². The quantitative estimate of drug-likeness (QED) is 0.431. The molecule has 0 unspecified atom stereocenters. The van der Waals surface area contributed by atoms with Crippen molar-refractivity contribution in [3.8, 4) is 0 Å². The Morgan fingerprint density at radius 1 is 0.929 bits per heavy atom. The molecule has 0 spiro atoms. The summed E-state index contributed by atoms with van der Waals surface area (Å²) in [5, 5.41) is 22.3. The lowest BCUT2D eigenvalue weighted by Gasteiger charge is -2.19. The number of nitrogens with one attached hydrogen (secondary N) is 1. The maximum atomic E-state index is 9.77. The number of nitrogen functional groups attached to an aromatic ring is 2. The van der Waals surface area contributed by atoms with Crippen LogP contribution in [0.1, 0.15) is 27.7 Å². The number of aliphatic hydroxyl groups is 2. The molecular weight excluding hydrogens is 354 g/mol. The minimum atomic E-state index is -0.794. The normalized spacial score (nSPS) is 11.8. The van der Waals surface area contributed by atoms with Crippen molar-refractivity contribution < 1.29 is 10.2 Å². The Hall–Kier alpha value is -2.77. The number of nitrogens with zero attached hydrogens (tertiary/aromatic N) is 2. The standard InChI is InChI=1S/C11H15N3O.C10H16N2O/c1-11(2,15)7-14-9-6-4-3-5-8(9)13-10(14)12;1-10(2,13)7-12-9-6-4-3-5-8(9)11/h3-6,15H,7H2,1-2H3,(H2,12,13);3-6,12-13H,7,11H2,1-2H3. The van der Waals surface area contributed by atoms with Crippen LogP contribution in [0.3, 0.4) is 0 Å². The molecule has 0 fully saturated rings. The molecule has 7 heteroatoms. The minimum absolute atomic E-state index is 0.443. The molecule has 7 nitrogen and oxygen atoms in total. The molecule has 0 saturated carbocycles. The van der Waals surface area contributed by atoms with Crippen LogP contribution in [0, 0.1) is 0 Å². The van der Waals surface area contributed by atoms with Crippen LogP contribution in [0.4, 0.5) is 17.3 Å². The van der Waals surface area contributed by atoms with Crippen LogP contribution in [-0.2, 0) is 6.54 Å². The predicted molar refractivity (Wildman–Crippen MR) is 116 cm³/mol. The first kappa shape index (κ1) is 21.5. The molecule has 28 heavy (non-hydrogen) atoms. The molecule has 1 heterocycles. The van der Waals surface area contributed by atoms with Crippen molar-refractivity contribution in [2.24, 2.45) is 0 Å². The van der Waals surface area contributed by atoms with Crippen LogP contribution in [0.15, 0.2) is 48.5 Å². The maximum absolute atomic E-state index is 9.77. The predicted octanol–water partition coefficient (Wildman–Crippen LogP) is 2.84. The first-order chi connectivity index (χ1) is 13.0. The van der Waals surface area contributed by atoms with Gasteiger partial charge in [0.05, 0.1) is 40.2 Å². The van der Waals surface area contributed by atoms with E-state index in [0.29, 0.717) is 24.7 Å². The monoisotopic (exact) mass is 385 g/mol. The Morgan fingerprint density at radius 3 is 2.14 bits per heavy atom. The molecule has 0 aliphatic carbocycles. The number of para-hydroxylation sites is 4. The van der Waals surface area contributed by atoms with E-state index in [1.807, 2.05) is 53.1 Å². The van der Waals surface area contributed by atoms with Crippen molar-refractivity contribution in [3.05, 3.63) is 48.5 Å². The van der Waals surface area contributed by atoms with Crippen molar-refractivity contribution in [2.45, 2.75) is 45.4 Å². The van der Waals surface area contributed by atoms with Crippen molar-refractivity contribution in [1.82, 2.24) is 9.55 Å². The third-order valence-corrected chi connectivity index (χ3v) is 3.90. The zero-order valence-electron chi connectivity index (χ0n) is 17.0. The molecule has 0 amide bonds. The highest BCUT2D eigenvalue weighted by atomic mass is 16.3. The van der Waals surface area contributed by atoms with E-state index >= 15 is 0 Å². The number of benzene rings is 2. The molecule has 0 aliphatic rings. The number of anilines is 3. The summed E-state index contributed by atoms with van der Waals surface area (Å²) in [6.07, 6.45) is 0. The smallest absolute Gasteiger partial charge is 0.201 e. The highest BCUT2D eigenvalue weighted by molar-refractivity contribution is 5.78. The van der Waals surface area contributed by atoms with E-state index in [1.165, 1.54) is 0 Å². The summed E-state index contributed by atoms with van der Waals surface area (Å²) in [6, 6.07) is 15.2. The molecule has 1 aromatic heterocycles. The van der Waals surface area contributed by atoms with Crippen LogP contribution in [-0.4, -0.2) is 37.5 Å². The number of hydrogen-bond donors (Lipinski definition) is 5. The van der Waals surface area contributed by atoms with Crippen molar-refractivity contribution in [3.63, 3.8) is 0 Å². The molecule has 0 saturated heterocycles. The Bertz CT molecular complexity index is 907. The summed E-state index contributed by atoms with van der Waals surface area (Å²) in [5.74, 6) is 0.443. The van der Waals surface area contributed by atoms with E-state index in [-0.39, 0.29) is 0 Å². The molecular formula is C21H31N5O2. The lowest BCUT2D eigenvalue weighted by atomic mass is 10.1.